The predicted octanol–water partition coefficient (Wildman–Crippen LogP) is 2.58. The summed E-state index contributed by atoms with van der Waals surface area (Å²) in [5.41, 5.74) is 5.97. The standard InChI is InChI=1S/C16H26N2O2/c1-11(2)16(5,10-17)18-15(19)13-7-6-8-14(9-13)20-12(3)4/h6-9,11-12H,10,17H2,1-5H3,(H,18,19). The monoisotopic (exact) mass is 278 g/mol. The van der Waals surface area contributed by atoms with Crippen molar-refractivity contribution < 1.29 is 9.53 Å². The Kier molecular flexibility index (Phi) is 5.57. The maximum Gasteiger partial charge on any atom is 0.251 e. The minimum atomic E-state index is -0.411. The lowest BCUT2D eigenvalue weighted by atomic mass is 9.88. The Morgan fingerprint density at radius 2 is 2.00 bits per heavy atom. The predicted molar refractivity (Wildman–Crippen MR) is 82.0 cm³/mol. The number of carbonyl (C=O) groups excluding carboxylic acids is 1. The maximum absolute atomic E-state index is 12.3. The highest BCUT2D eigenvalue weighted by Crippen LogP contribution is 2.18. The quantitative estimate of drug-likeness (QED) is 0.840. The van der Waals surface area contributed by atoms with Gasteiger partial charge in [-0.05, 0) is 44.9 Å². The Morgan fingerprint density at radius 3 is 2.50 bits per heavy atom. The highest BCUT2D eigenvalue weighted by atomic mass is 16.5. The largest absolute Gasteiger partial charge is 0.491 e. The second-order valence-corrected chi connectivity index (χ2v) is 5.92. The van der Waals surface area contributed by atoms with Crippen LogP contribution in [0.1, 0.15) is 45.0 Å². The zero-order valence-electron chi connectivity index (χ0n) is 13.1. The molecule has 20 heavy (non-hydrogen) atoms. The summed E-state index contributed by atoms with van der Waals surface area (Å²) < 4.78 is 5.60. The molecule has 0 heterocycles. The van der Waals surface area contributed by atoms with E-state index in [1.807, 2.05) is 46.8 Å². The molecule has 112 valence electrons. The zero-order chi connectivity index (χ0) is 15.3. The number of rotatable bonds is 6. The number of amides is 1. The van der Waals surface area contributed by atoms with Gasteiger partial charge in [-0.15, -0.1) is 0 Å². The van der Waals surface area contributed by atoms with Gasteiger partial charge in [-0.3, -0.25) is 4.79 Å². The molecule has 1 amide bonds. The van der Waals surface area contributed by atoms with Crippen molar-refractivity contribution in [3.8, 4) is 5.75 Å². The van der Waals surface area contributed by atoms with Crippen LogP contribution in [0.15, 0.2) is 24.3 Å². The fraction of sp³-hybridized carbons (Fsp3) is 0.562. The van der Waals surface area contributed by atoms with Crippen LogP contribution in [0.5, 0.6) is 5.75 Å². The second kappa shape index (κ2) is 6.75. The molecule has 1 aromatic rings. The molecule has 0 aliphatic rings. The molecule has 0 bridgehead atoms. The van der Waals surface area contributed by atoms with Crippen LogP contribution in [0.4, 0.5) is 0 Å². The summed E-state index contributed by atoms with van der Waals surface area (Å²) >= 11 is 0. The van der Waals surface area contributed by atoms with Gasteiger partial charge in [0.2, 0.25) is 0 Å². The molecule has 4 nitrogen and oxygen atoms in total. The second-order valence-electron chi connectivity index (χ2n) is 5.92. The molecule has 0 fully saturated rings. The highest BCUT2D eigenvalue weighted by molar-refractivity contribution is 5.95. The molecule has 0 saturated carbocycles. The first-order chi connectivity index (χ1) is 9.28. The van der Waals surface area contributed by atoms with Crippen LogP contribution in [-0.4, -0.2) is 24.1 Å². The van der Waals surface area contributed by atoms with Gasteiger partial charge in [0, 0.05) is 12.1 Å². The minimum absolute atomic E-state index is 0.0817. The third kappa shape index (κ3) is 4.23. The van der Waals surface area contributed by atoms with E-state index in [9.17, 15) is 4.79 Å². The van der Waals surface area contributed by atoms with Crippen LogP contribution in [0, 0.1) is 5.92 Å². The number of carbonyl (C=O) groups is 1. The smallest absolute Gasteiger partial charge is 0.251 e. The van der Waals surface area contributed by atoms with E-state index < -0.39 is 5.54 Å². The molecule has 1 aromatic carbocycles. The molecule has 4 heteroatoms. The van der Waals surface area contributed by atoms with E-state index in [0.717, 1.165) is 0 Å². The summed E-state index contributed by atoms with van der Waals surface area (Å²) in [7, 11) is 0. The van der Waals surface area contributed by atoms with E-state index >= 15 is 0 Å². The summed E-state index contributed by atoms with van der Waals surface area (Å²) in [6.45, 7) is 10.4. The SMILES string of the molecule is CC(C)Oc1cccc(C(=O)NC(C)(CN)C(C)C)c1. The van der Waals surface area contributed by atoms with Crippen molar-refractivity contribution in [3.63, 3.8) is 0 Å². The van der Waals surface area contributed by atoms with Gasteiger partial charge in [-0.2, -0.15) is 0 Å². The first-order valence-electron chi connectivity index (χ1n) is 7.08. The number of benzene rings is 1. The average Bonchev–Trinajstić information content (AvgIpc) is 2.37. The summed E-state index contributed by atoms with van der Waals surface area (Å²) in [5, 5.41) is 3.02. The number of ether oxygens (including phenoxy) is 1. The van der Waals surface area contributed by atoms with Crippen molar-refractivity contribution in [1.29, 1.82) is 0 Å². The van der Waals surface area contributed by atoms with Gasteiger partial charge in [0.1, 0.15) is 5.75 Å². The molecular weight excluding hydrogens is 252 g/mol. The van der Waals surface area contributed by atoms with Crippen LogP contribution in [0.25, 0.3) is 0 Å². The topological polar surface area (TPSA) is 64.3 Å². The van der Waals surface area contributed by atoms with Gasteiger partial charge in [0.25, 0.3) is 5.91 Å². The molecule has 0 spiro atoms. The first kappa shape index (κ1) is 16.5. The lowest BCUT2D eigenvalue weighted by molar-refractivity contribution is 0.0882. The Morgan fingerprint density at radius 1 is 1.35 bits per heavy atom. The highest BCUT2D eigenvalue weighted by Gasteiger charge is 2.28. The fourth-order valence-corrected chi connectivity index (χ4v) is 1.75. The Bertz CT molecular complexity index is 458. The van der Waals surface area contributed by atoms with Crippen molar-refractivity contribution in [3.05, 3.63) is 29.8 Å². The van der Waals surface area contributed by atoms with E-state index in [0.29, 0.717) is 17.9 Å². The molecule has 1 atom stereocenters. The van der Waals surface area contributed by atoms with Crippen LogP contribution in [0.3, 0.4) is 0 Å². The number of hydrogen-bond acceptors (Lipinski definition) is 3. The Hall–Kier alpha value is -1.55. The van der Waals surface area contributed by atoms with Crippen molar-refractivity contribution in [2.75, 3.05) is 6.54 Å². The van der Waals surface area contributed by atoms with Crippen LogP contribution in [0.2, 0.25) is 0 Å². The molecule has 3 N–H and O–H groups in total. The first-order valence-corrected chi connectivity index (χ1v) is 7.08. The van der Waals surface area contributed by atoms with Crippen molar-refractivity contribution >= 4 is 5.91 Å². The van der Waals surface area contributed by atoms with Crippen LogP contribution < -0.4 is 15.8 Å². The molecule has 0 aliphatic carbocycles. The van der Waals surface area contributed by atoms with Crippen molar-refractivity contribution in [1.82, 2.24) is 5.32 Å². The summed E-state index contributed by atoms with van der Waals surface area (Å²) in [6.07, 6.45) is 0.0817. The molecule has 0 radical (unpaired) electrons. The van der Waals surface area contributed by atoms with E-state index in [-0.39, 0.29) is 17.9 Å². The Balaban J connectivity index is 2.87. The van der Waals surface area contributed by atoms with Gasteiger partial charge < -0.3 is 15.8 Å². The molecule has 0 saturated heterocycles. The van der Waals surface area contributed by atoms with Crippen LogP contribution >= 0.6 is 0 Å². The third-order valence-electron chi connectivity index (χ3n) is 3.57. The van der Waals surface area contributed by atoms with Gasteiger partial charge in [0.15, 0.2) is 0 Å². The Labute approximate surface area is 121 Å². The van der Waals surface area contributed by atoms with E-state index in [1.54, 1.807) is 12.1 Å². The number of nitrogens with one attached hydrogen (secondary N) is 1. The third-order valence-corrected chi connectivity index (χ3v) is 3.57. The summed E-state index contributed by atoms with van der Waals surface area (Å²) in [5.74, 6) is 0.832. The minimum Gasteiger partial charge on any atom is -0.491 e. The van der Waals surface area contributed by atoms with Crippen molar-refractivity contribution in [2.24, 2.45) is 11.7 Å². The molecule has 0 aliphatic heterocycles. The normalized spacial score (nSPS) is 14.2. The lowest BCUT2D eigenvalue weighted by Gasteiger charge is -2.33. The van der Waals surface area contributed by atoms with Crippen LogP contribution in [-0.2, 0) is 0 Å². The van der Waals surface area contributed by atoms with Gasteiger partial charge in [-0.1, -0.05) is 19.9 Å². The average molecular weight is 278 g/mol. The van der Waals surface area contributed by atoms with Gasteiger partial charge in [-0.25, -0.2) is 0 Å². The van der Waals surface area contributed by atoms with Gasteiger partial charge in [0.05, 0.1) is 11.6 Å². The molecular formula is C16H26N2O2. The number of nitrogens with two attached hydrogens (primary N) is 1. The van der Waals surface area contributed by atoms with E-state index in [4.69, 9.17) is 10.5 Å². The van der Waals surface area contributed by atoms with E-state index in [2.05, 4.69) is 5.32 Å². The van der Waals surface area contributed by atoms with Gasteiger partial charge >= 0.3 is 0 Å². The maximum atomic E-state index is 12.3. The zero-order valence-corrected chi connectivity index (χ0v) is 13.1. The molecule has 1 rings (SSSR count). The summed E-state index contributed by atoms with van der Waals surface area (Å²) in [6, 6.07) is 7.20. The van der Waals surface area contributed by atoms with Crippen molar-refractivity contribution in [2.45, 2.75) is 46.3 Å². The molecule has 0 aromatic heterocycles. The lowest BCUT2D eigenvalue weighted by Crippen LogP contribution is -2.55. The summed E-state index contributed by atoms with van der Waals surface area (Å²) in [4.78, 5) is 12.3. The fourth-order valence-electron chi connectivity index (χ4n) is 1.75. The number of hydrogen-bond donors (Lipinski definition) is 2. The van der Waals surface area contributed by atoms with E-state index in [1.165, 1.54) is 0 Å². The molecule has 1 unspecified atom stereocenters.